The first-order valence-corrected chi connectivity index (χ1v) is 13.7. The van der Waals surface area contributed by atoms with Crippen molar-refractivity contribution in [3.8, 4) is 17.3 Å². The average Bonchev–Trinajstić information content (AvgIpc) is 3.59. The predicted octanol–water partition coefficient (Wildman–Crippen LogP) is 6.09. The van der Waals surface area contributed by atoms with Crippen LogP contribution in [0.3, 0.4) is 0 Å². The molecule has 0 saturated carbocycles. The van der Waals surface area contributed by atoms with Crippen molar-refractivity contribution >= 4 is 6.03 Å². The molecule has 0 bridgehead atoms. The summed E-state index contributed by atoms with van der Waals surface area (Å²) in [5.41, 5.74) is 6.18. The lowest BCUT2D eigenvalue weighted by molar-refractivity contribution is 0.180. The van der Waals surface area contributed by atoms with Gasteiger partial charge >= 0.3 is 6.03 Å². The summed E-state index contributed by atoms with van der Waals surface area (Å²) < 4.78 is 9.78. The molecular weight excluding hydrogens is 498 g/mol. The largest absolute Gasteiger partial charge is 0.497 e. The number of hydrogen-bond donors (Lipinski definition) is 1. The smallest absolute Gasteiger partial charge is 0.318 e. The van der Waals surface area contributed by atoms with Crippen molar-refractivity contribution in [2.45, 2.75) is 32.4 Å². The highest BCUT2D eigenvalue weighted by molar-refractivity contribution is 5.76. The minimum absolute atomic E-state index is 0.112. The van der Waals surface area contributed by atoms with Gasteiger partial charge in [0.05, 0.1) is 36.8 Å². The second-order valence-electron chi connectivity index (χ2n) is 9.93. The number of aryl methyl sites for hydroxylation is 1. The minimum atomic E-state index is -0.330. The molecule has 202 valence electrons. The third-order valence-corrected chi connectivity index (χ3v) is 7.51. The van der Waals surface area contributed by atoms with Crippen LogP contribution in [0.4, 0.5) is 4.79 Å². The van der Waals surface area contributed by atoms with E-state index in [-0.39, 0.29) is 12.1 Å². The first-order valence-electron chi connectivity index (χ1n) is 13.7. The van der Waals surface area contributed by atoms with Crippen LogP contribution in [0.5, 0.6) is 5.75 Å². The van der Waals surface area contributed by atoms with E-state index in [0.29, 0.717) is 13.1 Å². The highest BCUT2D eigenvalue weighted by Crippen LogP contribution is 2.39. The average molecular weight is 532 g/mol. The van der Waals surface area contributed by atoms with Crippen LogP contribution in [0.2, 0.25) is 0 Å². The van der Waals surface area contributed by atoms with Crippen LogP contribution in [0, 0.1) is 0 Å². The van der Waals surface area contributed by atoms with Gasteiger partial charge in [-0.1, -0.05) is 67.6 Å². The first-order chi connectivity index (χ1) is 19.7. The molecule has 1 aliphatic heterocycles. The molecule has 1 N–H and O–H groups in total. The van der Waals surface area contributed by atoms with Gasteiger partial charge in [0, 0.05) is 18.3 Å². The zero-order valence-electron chi connectivity index (χ0n) is 22.8. The number of rotatable bonds is 7. The van der Waals surface area contributed by atoms with E-state index in [0.717, 1.165) is 52.6 Å². The van der Waals surface area contributed by atoms with Gasteiger partial charge in [-0.2, -0.15) is 5.10 Å². The maximum Gasteiger partial charge on any atom is 0.318 e. The second-order valence-corrected chi connectivity index (χ2v) is 9.93. The maximum absolute atomic E-state index is 14.0. The summed E-state index contributed by atoms with van der Waals surface area (Å²) in [6, 6.07) is 32.1. The summed E-state index contributed by atoms with van der Waals surface area (Å²) in [5, 5.41) is 8.24. The summed E-state index contributed by atoms with van der Waals surface area (Å²) in [4.78, 5) is 16.0. The van der Waals surface area contributed by atoms with E-state index in [2.05, 4.69) is 59.4 Å². The lowest BCUT2D eigenvalue weighted by Gasteiger charge is -2.31. The summed E-state index contributed by atoms with van der Waals surface area (Å²) in [6.45, 7) is 3.08. The molecule has 0 unspecified atom stereocenters. The lowest BCUT2D eigenvalue weighted by atomic mass is 10.0. The standard InChI is InChI=1S/C33H33N5O2/c1-3-29-28-23-37(33(39)34-20-19-24-12-6-4-7-13-24)31(25-14-10-17-27(22-25)40-2)30-18-11-21-36(30)32(28)38(35-29)26-15-8-5-9-16-26/h4-18,21-22,31H,3,19-20,23H2,1-2H3,(H,34,39)/t31-/m1/s1. The number of carbonyl (C=O) groups excluding carboxylic acids is 1. The van der Waals surface area contributed by atoms with Crippen molar-refractivity contribution in [3.05, 3.63) is 131 Å². The van der Waals surface area contributed by atoms with Crippen molar-refractivity contribution in [2.75, 3.05) is 13.7 Å². The van der Waals surface area contributed by atoms with E-state index < -0.39 is 0 Å². The SMILES string of the molecule is CCc1nn(-c2ccccc2)c2c1CN(C(=O)NCCc1ccccc1)[C@H](c1cccc(OC)c1)c1cccn1-2. The number of benzene rings is 3. The molecule has 5 aromatic rings. The number of aromatic nitrogens is 3. The maximum atomic E-state index is 14.0. The number of fused-ring (bicyclic) bond motifs is 3. The Morgan fingerprint density at radius 3 is 2.50 bits per heavy atom. The normalized spacial score (nSPS) is 14.2. The number of amides is 2. The third-order valence-electron chi connectivity index (χ3n) is 7.51. The van der Waals surface area contributed by atoms with Crippen LogP contribution < -0.4 is 10.1 Å². The Balaban J connectivity index is 1.46. The number of ether oxygens (including phenoxy) is 1. The molecule has 0 radical (unpaired) electrons. The van der Waals surface area contributed by atoms with Crippen molar-refractivity contribution in [2.24, 2.45) is 0 Å². The van der Waals surface area contributed by atoms with Gasteiger partial charge in [0.25, 0.3) is 0 Å². The summed E-state index contributed by atoms with van der Waals surface area (Å²) in [5.74, 6) is 1.72. The van der Waals surface area contributed by atoms with Crippen LogP contribution in [0.1, 0.15) is 41.0 Å². The number of nitrogens with zero attached hydrogens (tertiary/aromatic N) is 4. The molecule has 2 aromatic heterocycles. The third kappa shape index (κ3) is 4.75. The fourth-order valence-electron chi connectivity index (χ4n) is 5.57. The van der Waals surface area contributed by atoms with Gasteiger partial charge in [-0.25, -0.2) is 9.48 Å². The number of methoxy groups -OCH3 is 1. The van der Waals surface area contributed by atoms with E-state index in [1.54, 1.807) is 7.11 Å². The van der Waals surface area contributed by atoms with E-state index in [1.807, 2.05) is 70.2 Å². The van der Waals surface area contributed by atoms with E-state index in [9.17, 15) is 4.79 Å². The molecule has 1 atom stereocenters. The van der Waals surface area contributed by atoms with Gasteiger partial charge in [-0.3, -0.25) is 0 Å². The zero-order valence-corrected chi connectivity index (χ0v) is 22.8. The molecular formula is C33H33N5O2. The van der Waals surface area contributed by atoms with Gasteiger partial charge in [0.15, 0.2) is 0 Å². The van der Waals surface area contributed by atoms with Crippen LogP contribution in [-0.2, 0) is 19.4 Å². The Morgan fingerprint density at radius 1 is 0.975 bits per heavy atom. The Labute approximate surface area is 234 Å². The van der Waals surface area contributed by atoms with Gasteiger partial charge < -0.3 is 19.5 Å². The Bertz CT molecular complexity index is 1610. The summed E-state index contributed by atoms with van der Waals surface area (Å²) in [7, 11) is 1.67. The molecule has 3 aromatic carbocycles. The van der Waals surface area contributed by atoms with Gasteiger partial charge in [-0.05, 0) is 60.4 Å². The Kier molecular flexibility index (Phi) is 7.10. The molecule has 0 spiro atoms. The summed E-state index contributed by atoms with van der Waals surface area (Å²) >= 11 is 0. The number of nitrogens with one attached hydrogen (secondary N) is 1. The van der Waals surface area contributed by atoms with Crippen LogP contribution in [0.15, 0.2) is 103 Å². The molecule has 40 heavy (non-hydrogen) atoms. The molecule has 0 saturated heterocycles. The molecule has 0 aliphatic carbocycles. The molecule has 1 aliphatic rings. The molecule has 6 rings (SSSR count). The number of urea groups is 1. The molecule has 0 fully saturated rings. The van der Waals surface area contributed by atoms with Crippen molar-refractivity contribution in [1.29, 1.82) is 0 Å². The fourth-order valence-corrected chi connectivity index (χ4v) is 5.57. The fraction of sp³-hybridized carbons (Fsp3) is 0.212. The van der Waals surface area contributed by atoms with Crippen molar-refractivity contribution in [1.82, 2.24) is 24.6 Å². The highest BCUT2D eigenvalue weighted by Gasteiger charge is 2.36. The predicted molar refractivity (Wildman–Crippen MR) is 156 cm³/mol. The van der Waals surface area contributed by atoms with Gasteiger partial charge in [0.2, 0.25) is 0 Å². The van der Waals surface area contributed by atoms with E-state index in [4.69, 9.17) is 9.84 Å². The van der Waals surface area contributed by atoms with E-state index >= 15 is 0 Å². The van der Waals surface area contributed by atoms with Crippen molar-refractivity contribution < 1.29 is 9.53 Å². The number of hydrogen-bond acceptors (Lipinski definition) is 3. The van der Waals surface area contributed by atoms with Gasteiger partial charge in [0.1, 0.15) is 11.6 Å². The number of carbonyl (C=O) groups is 1. The topological polar surface area (TPSA) is 64.3 Å². The zero-order chi connectivity index (χ0) is 27.5. The van der Waals surface area contributed by atoms with Crippen LogP contribution >= 0.6 is 0 Å². The quantitative estimate of drug-likeness (QED) is 0.276. The number of para-hydroxylation sites is 1. The first kappa shape index (κ1) is 25.5. The van der Waals surface area contributed by atoms with Gasteiger partial charge in [-0.15, -0.1) is 0 Å². The molecule has 7 heteroatoms. The second kappa shape index (κ2) is 11.1. The van der Waals surface area contributed by atoms with E-state index in [1.165, 1.54) is 5.56 Å². The molecule has 2 amide bonds. The molecule has 7 nitrogen and oxygen atoms in total. The minimum Gasteiger partial charge on any atom is -0.497 e. The van der Waals surface area contributed by atoms with Crippen molar-refractivity contribution in [3.63, 3.8) is 0 Å². The Morgan fingerprint density at radius 2 is 1.75 bits per heavy atom. The van der Waals surface area contributed by atoms with Crippen LogP contribution in [0.25, 0.3) is 11.5 Å². The Hall–Kier alpha value is -4.78. The van der Waals surface area contributed by atoms with Crippen LogP contribution in [-0.4, -0.2) is 38.9 Å². The lowest BCUT2D eigenvalue weighted by Crippen LogP contribution is -2.42. The molecule has 3 heterocycles. The summed E-state index contributed by atoms with van der Waals surface area (Å²) in [6.07, 6.45) is 3.59. The monoisotopic (exact) mass is 531 g/mol. The highest BCUT2D eigenvalue weighted by atomic mass is 16.5.